The summed E-state index contributed by atoms with van der Waals surface area (Å²) in [5.74, 6) is -0.113. The van der Waals surface area contributed by atoms with E-state index in [0.29, 0.717) is 11.3 Å². The van der Waals surface area contributed by atoms with Gasteiger partial charge < -0.3 is 10.1 Å². The Hall–Kier alpha value is -3.00. The summed E-state index contributed by atoms with van der Waals surface area (Å²) >= 11 is 1.06. The van der Waals surface area contributed by atoms with Gasteiger partial charge in [0.05, 0.1) is 0 Å². The van der Waals surface area contributed by atoms with Gasteiger partial charge in [0.1, 0.15) is 18.1 Å². The molecule has 26 heavy (non-hydrogen) atoms. The SMILES string of the molecule is Cc1csc(=O)n1CC(=O)NCc1cccnc1Oc1cccc(F)c1. The van der Waals surface area contributed by atoms with Crippen LogP contribution in [0.15, 0.2) is 52.8 Å². The average Bonchev–Trinajstić information content (AvgIpc) is 2.93. The summed E-state index contributed by atoms with van der Waals surface area (Å²) in [6.45, 7) is 1.90. The summed E-state index contributed by atoms with van der Waals surface area (Å²) in [7, 11) is 0. The van der Waals surface area contributed by atoms with Gasteiger partial charge in [0.15, 0.2) is 0 Å². The quantitative estimate of drug-likeness (QED) is 0.721. The molecule has 0 radical (unpaired) electrons. The molecule has 6 nitrogen and oxygen atoms in total. The van der Waals surface area contributed by atoms with Crippen molar-refractivity contribution in [2.45, 2.75) is 20.0 Å². The molecular weight excluding hydrogens is 357 g/mol. The standard InChI is InChI=1S/C18H16FN3O3S/c1-12-11-26-18(24)22(12)10-16(23)21-9-13-4-3-7-20-17(13)25-15-6-2-5-14(19)8-15/h2-8,11H,9-10H2,1H3,(H,21,23). The zero-order valence-electron chi connectivity index (χ0n) is 13.9. The second-order valence-corrected chi connectivity index (χ2v) is 6.35. The van der Waals surface area contributed by atoms with Crippen LogP contribution < -0.4 is 14.9 Å². The molecule has 0 saturated heterocycles. The number of hydrogen-bond donors (Lipinski definition) is 1. The third kappa shape index (κ3) is 4.34. The summed E-state index contributed by atoms with van der Waals surface area (Å²) in [4.78, 5) is 27.8. The third-order valence-corrected chi connectivity index (χ3v) is 4.50. The fourth-order valence-electron chi connectivity index (χ4n) is 2.28. The van der Waals surface area contributed by atoms with E-state index < -0.39 is 5.82 Å². The van der Waals surface area contributed by atoms with Crippen LogP contribution in [0.4, 0.5) is 4.39 Å². The normalized spacial score (nSPS) is 10.5. The topological polar surface area (TPSA) is 73.2 Å². The highest BCUT2D eigenvalue weighted by Crippen LogP contribution is 2.23. The zero-order valence-corrected chi connectivity index (χ0v) is 14.8. The molecule has 1 aromatic carbocycles. The highest BCUT2D eigenvalue weighted by molar-refractivity contribution is 7.07. The van der Waals surface area contributed by atoms with Crippen LogP contribution in [-0.2, 0) is 17.9 Å². The van der Waals surface area contributed by atoms with Crippen molar-refractivity contribution in [1.29, 1.82) is 0 Å². The van der Waals surface area contributed by atoms with E-state index in [4.69, 9.17) is 4.74 Å². The van der Waals surface area contributed by atoms with Gasteiger partial charge in [-0.05, 0) is 25.1 Å². The Kier molecular flexibility index (Phi) is 5.43. The minimum atomic E-state index is -0.412. The molecule has 0 spiro atoms. The third-order valence-electron chi connectivity index (χ3n) is 3.61. The first-order chi connectivity index (χ1) is 12.5. The molecule has 0 unspecified atom stereocenters. The lowest BCUT2D eigenvalue weighted by Crippen LogP contribution is -2.30. The first kappa shape index (κ1) is 17.8. The molecule has 134 valence electrons. The molecule has 2 aromatic heterocycles. The number of hydrogen-bond acceptors (Lipinski definition) is 5. The maximum absolute atomic E-state index is 13.3. The molecule has 3 aromatic rings. The Morgan fingerprint density at radius 2 is 2.19 bits per heavy atom. The Morgan fingerprint density at radius 1 is 1.35 bits per heavy atom. The molecular formula is C18H16FN3O3S. The monoisotopic (exact) mass is 373 g/mol. The van der Waals surface area contributed by atoms with E-state index in [-0.39, 0.29) is 29.7 Å². The number of aryl methyl sites for hydroxylation is 1. The smallest absolute Gasteiger partial charge is 0.307 e. The predicted molar refractivity (Wildman–Crippen MR) is 95.9 cm³/mol. The van der Waals surface area contributed by atoms with Gasteiger partial charge in [-0.25, -0.2) is 9.37 Å². The van der Waals surface area contributed by atoms with E-state index in [0.717, 1.165) is 17.0 Å². The van der Waals surface area contributed by atoms with Crippen LogP contribution in [0, 0.1) is 12.7 Å². The van der Waals surface area contributed by atoms with E-state index in [9.17, 15) is 14.0 Å². The van der Waals surface area contributed by atoms with Crippen molar-refractivity contribution in [2.24, 2.45) is 0 Å². The Morgan fingerprint density at radius 3 is 2.92 bits per heavy atom. The van der Waals surface area contributed by atoms with E-state index in [1.54, 1.807) is 36.7 Å². The first-order valence-electron chi connectivity index (χ1n) is 7.82. The van der Waals surface area contributed by atoms with Crippen molar-refractivity contribution in [2.75, 3.05) is 0 Å². The van der Waals surface area contributed by atoms with Gasteiger partial charge in [0.2, 0.25) is 11.8 Å². The van der Waals surface area contributed by atoms with Crippen molar-refractivity contribution >= 4 is 17.2 Å². The Balaban J connectivity index is 1.67. The molecule has 0 bridgehead atoms. The number of benzene rings is 1. The van der Waals surface area contributed by atoms with Crippen LogP contribution in [0.3, 0.4) is 0 Å². The van der Waals surface area contributed by atoms with Crippen LogP contribution in [0.25, 0.3) is 0 Å². The van der Waals surface area contributed by atoms with Crippen LogP contribution in [0.2, 0.25) is 0 Å². The van der Waals surface area contributed by atoms with Gasteiger partial charge in [-0.15, -0.1) is 0 Å². The summed E-state index contributed by atoms with van der Waals surface area (Å²) < 4.78 is 20.3. The molecule has 0 aliphatic carbocycles. The van der Waals surface area contributed by atoms with E-state index in [1.165, 1.54) is 22.8 Å². The summed E-state index contributed by atoms with van der Waals surface area (Å²) in [6.07, 6.45) is 1.55. The second-order valence-electron chi connectivity index (χ2n) is 5.53. The maximum atomic E-state index is 13.3. The lowest BCUT2D eigenvalue weighted by Gasteiger charge is -2.11. The summed E-state index contributed by atoms with van der Waals surface area (Å²) in [6, 6.07) is 9.20. The fraction of sp³-hybridized carbons (Fsp3) is 0.167. The number of carbonyl (C=O) groups is 1. The number of amides is 1. The minimum Gasteiger partial charge on any atom is -0.439 e. The van der Waals surface area contributed by atoms with E-state index in [2.05, 4.69) is 10.3 Å². The van der Waals surface area contributed by atoms with Gasteiger partial charge in [0.25, 0.3) is 0 Å². The minimum absolute atomic E-state index is 0.0471. The molecule has 0 saturated carbocycles. The van der Waals surface area contributed by atoms with Gasteiger partial charge in [-0.3, -0.25) is 14.2 Å². The van der Waals surface area contributed by atoms with Crippen molar-refractivity contribution in [1.82, 2.24) is 14.9 Å². The molecule has 0 aliphatic heterocycles. The number of nitrogens with one attached hydrogen (secondary N) is 1. The summed E-state index contributed by atoms with van der Waals surface area (Å²) in [5, 5.41) is 4.45. The second kappa shape index (κ2) is 7.92. The zero-order chi connectivity index (χ0) is 18.5. The molecule has 1 N–H and O–H groups in total. The fourth-order valence-corrected chi connectivity index (χ4v) is 3.02. The number of nitrogens with zero attached hydrogens (tertiary/aromatic N) is 2. The van der Waals surface area contributed by atoms with Crippen molar-refractivity contribution in [3.8, 4) is 11.6 Å². The molecule has 8 heteroatoms. The van der Waals surface area contributed by atoms with Crippen molar-refractivity contribution in [3.05, 3.63) is 74.7 Å². The lowest BCUT2D eigenvalue weighted by molar-refractivity contribution is -0.121. The first-order valence-corrected chi connectivity index (χ1v) is 8.70. The van der Waals surface area contributed by atoms with Crippen LogP contribution >= 0.6 is 11.3 Å². The highest BCUT2D eigenvalue weighted by atomic mass is 32.1. The number of rotatable bonds is 6. The number of ether oxygens (including phenoxy) is 1. The van der Waals surface area contributed by atoms with Crippen molar-refractivity contribution < 1.29 is 13.9 Å². The van der Waals surface area contributed by atoms with Gasteiger partial charge in [-0.1, -0.05) is 23.5 Å². The molecule has 0 atom stereocenters. The Labute approximate surface area is 152 Å². The summed E-state index contributed by atoms with van der Waals surface area (Å²) in [5.41, 5.74) is 1.38. The molecule has 1 amide bonds. The van der Waals surface area contributed by atoms with Gasteiger partial charge in [0, 0.05) is 35.4 Å². The van der Waals surface area contributed by atoms with Gasteiger partial charge in [-0.2, -0.15) is 0 Å². The number of carbonyl (C=O) groups excluding carboxylic acids is 1. The lowest BCUT2D eigenvalue weighted by atomic mass is 10.2. The van der Waals surface area contributed by atoms with E-state index >= 15 is 0 Å². The van der Waals surface area contributed by atoms with Crippen molar-refractivity contribution in [3.63, 3.8) is 0 Å². The number of pyridine rings is 1. The highest BCUT2D eigenvalue weighted by Gasteiger charge is 2.11. The molecule has 2 heterocycles. The molecule has 0 fully saturated rings. The average molecular weight is 373 g/mol. The molecule has 3 rings (SSSR count). The maximum Gasteiger partial charge on any atom is 0.307 e. The Bertz CT molecular complexity index is 984. The van der Waals surface area contributed by atoms with Crippen LogP contribution in [-0.4, -0.2) is 15.5 Å². The van der Waals surface area contributed by atoms with Crippen LogP contribution in [0.5, 0.6) is 11.6 Å². The molecule has 0 aliphatic rings. The van der Waals surface area contributed by atoms with Gasteiger partial charge >= 0.3 is 4.87 Å². The number of aromatic nitrogens is 2. The number of halogens is 1. The van der Waals surface area contributed by atoms with Crippen LogP contribution in [0.1, 0.15) is 11.3 Å². The van der Waals surface area contributed by atoms with E-state index in [1.807, 2.05) is 0 Å². The number of thiazole rings is 1. The predicted octanol–water partition coefficient (Wildman–Crippen LogP) is 2.86. The largest absolute Gasteiger partial charge is 0.439 e.